The molecule has 3 aromatic heterocycles. The number of nitrogens with zero attached hydrogens (tertiary/aromatic N) is 7. The molecule has 0 aliphatic heterocycles. The van der Waals surface area contributed by atoms with Gasteiger partial charge in [-0.15, -0.1) is 10.2 Å². The lowest BCUT2D eigenvalue weighted by atomic mass is 10.1. The highest BCUT2D eigenvalue weighted by molar-refractivity contribution is 5.92. The molecule has 0 spiro atoms. The van der Waals surface area contributed by atoms with Crippen LogP contribution in [0.5, 0.6) is 0 Å². The Labute approximate surface area is 139 Å². The highest BCUT2D eigenvalue weighted by Gasteiger charge is 2.15. The summed E-state index contributed by atoms with van der Waals surface area (Å²) < 4.78 is 3.61. The number of aryl methyl sites for hydroxylation is 1. The first-order valence-electron chi connectivity index (χ1n) is 7.95. The van der Waals surface area contributed by atoms with Crippen LogP contribution >= 0.6 is 0 Å². The van der Waals surface area contributed by atoms with E-state index in [0.717, 1.165) is 18.1 Å². The van der Waals surface area contributed by atoms with Crippen LogP contribution in [-0.2, 0) is 13.0 Å². The summed E-state index contributed by atoms with van der Waals surface area (Å²) in [6, 6.07) is 1.76. The number of nitrogens with one attached hydrogen (secondary N) is 1. The molecule has 3 aromatic rings. The van der Waals surface area contributed by atoms with Crippen molar-refractivity contribution in [1.82, 2.24) is 39.7 Å². The van der Waals surface area contributed by atoms with Crippen molar-refractivity contribution in [2.24, 2.45) is 0 Å². The molecule has 0 aliphatic rings. The van der Waals surface area contributed by atoms with Crippen molar-refractivity contribution in [2.45, 2.75) is 39.7 Å². The van der Waals surface area contributed by atoms with E-state index >= 15 is 0 Å². The number of carbonyl (C=O) groups is 1. The number of hydrogen-bond acceptors (Lipinski definition) is 6. The molecular formula is C15H20N8O. The molecule has 0 radical (unpaired) electrons. The Morgan fingerprint density at radius 1 is 1.38 bits per heavy atom. The number of fused-ring (bicyclic) bond motifs is 1. The number of carbonyl (C=O) groups excluding carboxylic acids is 1. The van der Waals surface area contributed by atoms with E-state index in [1.54, 1.807) is 16.9 Å². The largest absolute Gasteiger partial charge is 0.350 e. The molecule has 1 amide bonds. The molecule has 1 N–H and O–H groups in total. The normalized spacial score (nSPS) is 11.3. The second-order valence-corrected chi connectivity index (χ2v) is 5.73. The van der Waals surface area contributed by atoms with E-state index in [9.17, 15) is 4.79 Å². The molecule has 0 bridgehead atoms. The summed E-state index contributed by atoms with van der Waals surface area (Å²) in [6.07, 6.45) is 3.74. The second-order valence-electron chi connectivity index (χ2n) is 5.73. The van der Waals surface area contributed by atoms with E-state index in [1.807, 2.05) is 25.3 Å². The van der Waals surface area contributed by atoms with Gasteiger partial charge >= 0.3 is 0 Å². The van der Waals surface area contributed by atoms with Crippen LogP contribution in [0.1, 0.15) is 48.7 Å². The Bertz CT molecular complexity index is 850. The third-order valence-electron chi connectivity index (χ3n) is 3.77. The van der Waals surface area contributed by atoms with Gasteiger partial charge in [0.25, 0.3) is 11.7 Å². The van der Waals surface area contributed by atoms with Crippen LogP contribution in [0, 0.1) is 0 Å². The van der Waals surface area contributed by atoms with Gasteiger partial charge in [-0.2, -0.15) is 10.1 Å². The molecule has 9 heteroatoms. The first kappa shape index (κ1) is 16.0. The van der Waals surface area contributed by atoms with E-state index in [1.165, 1.54) is 6.33 Å². The zero-order valence-corrected chi connectivity index (χ0v) is 14.0. The Morgan fingerprint density at radius 3 is 2.96 bits per heavy atom. The van der Waals surface area contributed by atoms with Gasteiger partial charge in [0.05, 0.1) is 5.69 Å². The molecule has 0 saturated carbocycles. The van der Waals surface area contributed by atoms with Crippen molar-refractivity contribution in [3.63, 3.8) is 0 Å². The van der Waals surface area contributed by atoms with Gasteiger partial charge in [-0.3, -0.25) is 4.79 Å². The summed E-state index contributed by atoms with van der Waals surface area (Å²) in [5.41, 5.74) is 1.24. The van der Waals surface area contributed by atoms with Crippen LogP contribution in [0.4, 0.5) is 0 Å². The summed E-state index contributed by atoms with van der Waals surface area (Å²) in [5, 5.41) is 15.0. The predicted octanol–water partition coefficient (Wildman–Crippen LogP) is 0.832. The lowest BCUT2D eigenvalue weighted by molar-refractivity contribution is 0.0949. The Kier molecular flexibility index (Phi) is 4.50. The summed E-state index contributed by atoms with van der Waals surface area (Å²) in [6.45, 7) is 7.37. The second kappa shape index (κ2) is 6.73. The van der Waals surface area contributed by atoms with Crippen LogP contribution in [0.2, 0.25) is 0 Å². The van der Waals surface area contributed by atoms with Gasteiger partial charge in [0, 0.05) is 19.5 Å². The molecule has 0 atom stereocenters. The van der Waals surface area contributed by atoms with Gasteiger partial charge in [-0.05, 0) is 18.9 Å². The monoisotopic (exact) mass is 328 g/mol. The zero-order chi connectivity index (χ0) is 17.1. The quantitative estimate of drug-likeness (QED) is 0.719. The van der Waals surface area contributed by atoms with Gasteiger partial charge < -0.3 is 9.88 Å². The van der Waals surface area contributed by atoms with Crippen LogP contribution in [0.25, 0.3) is 5.78 Å². The Balaban J connectivity index is 1.72. The summed E-state index contributed by atoms with van der Waals surface area (Å²) in [4.78, 5) is 20.8. The molecule has 3 heterocycles. The third kappa shape index (κ3) is 3.10. The molecule has 0 unspecified atom stereocenters. The highest BCUT2D eigenvalue weighted by atomic mass is 16.1. The number of rotatable bonds is 6. The molecule has 0 aliphatic carbocycles. The topological polar surface area (TPSA) is 103 Å². The Morgan fingerprint density at radius 2 is 2.21 bits per heavy atom. The maximum absolute atomic E-state index is 12.4. The minimum Gasteiger partial charge on any atom is -0.350 e. The first-order chi connectivity index (χ1) is 11.6. The number of hydrogen-bond donors (Lipinski definition) is 1. The molecule has 0 aromatic carbocycles. The SMILES string of the molecule is CCn1cnnc1CCNC(=O)c1cc(C(C)C)n2ncnc2n1. The van der Waals surface area contributed by atoms with Gasteiger partial charge in [-0.1, -0.05) is 13.8 Å². The van der Waals surface area contributed by atoms with Crippen LogP contribution < -0.4 is 5.32 Å². The lowest BCUT2D eigenvalue weighted by Crippen LogP contribution is -2.28. The first-order valence-corrected chi connectivity index (χ1v) is 7.95. The van der Waals surface area contributed by atoms with Crippen LogP contribution in [-0.4, -0.2) is 46.8 Å². The average molecular weight is 328 g/mol. The van der Waals surface area contributed by atoms with Gasteiger partial charge in [-0.25, -0.2) is 9.50 Å². The number of amides is 1. The van der Waals surface area contributed by atoms with Gasteiger partial charge in [0.2, 0.25) is 0 Å². The summed E-state index contributed by atoms with van der Waals surface area (Å²) in [7, 11) is 0. The van der Waals surface area contributed by atoms with Crippen LogP contribution in [0.15, 0.2) is 18.7 Å². The zero-order valence-electron chi connectivity index (χ0n) is 14.0. The van der Waals surface area contributed by atoms with Crippen molar-refractivity contribution in [3.05, 3.63) is 35.9 Å². The third-order valence-corrected chi connectivity index (χ3v) is 3.77. The fraction of sp³-hybridized carbons (Fsp3) is 0.467. The van der Waals surface area contributed by atoms with E-state index in [4.69, 9.17) is 0 Å². The minimum atomic E-state index is -0.232. The van der Waals surface area contributed by atoms with Crippen molar-refractivity contribution in [2.75, 3.05) is 6.54 Å². The average Bonchev–Trinajstić information content (AvgIpc) is 3.21. The molecule has 3 rings (SSSR count). The standard InChI is InChI=1S/C15H20N8O/c1-4-22-9-18-21-13(22)5-6-16-14(24)11-7-12(10(2)3)23-15(20-11)17-8-19-23/h7-10H,4-6H2,1-3H3,(H,16,24). The van der Waals surface area contributed by atoms with Crippen molar-refractivity contribution >= 4 is 11.7 Å². The minimum absolute atomic E-state index is 0.201. The highest BCUT2D eigenvalue weighted by Crippen LogP contribution is 2.15. The van der Waals surface area contributed by atoms with E-state index < -0.39 is 0 Å². The molecule has 24 heavy (non-hydrogen) atoms. The fourth-order valence-electron chi connectivity index (χ4n) is 2.48. The summed E-state index contributed by atoms with van der Waals surface area (Å²) >= 11 is 0. The molecular weight excluding hydrogens is 308 g/mol. The Hall–Kier alpha value is -2.84. The predicted molar refractivity (Wildman–Crippen MR) is 86.6 cm³/mol. The molecule has 0 saturated heterocycles. The number of aromatic nitrogens is 7. The summed E-state index contributed by atoms with van der Waals surface area (Å²) in [5.74, 6) is 1.25. The smallest absolute Gasteiger partial charge is 0.270 e. The fourth-order valence-corrected chi connectivity index (χ4v) is 2.48. The van der Waals surface area contributed by atoms with E-state index in [-0.39, 0.29) is 11.8 Å². The van der Waals surface area contributed by atoms with Crippen LogP contribution in [0.3, 0.4) is 0 Å². The van der Waals surface area contributed by atoms with Crippen molar-refractivity contribution in [3.8, 4) is 0 Å². The van der Waals surface area contributed by atoms with Gasteiger partial charge in [0.1, 0.15) is 24.2 Å². The molecule has 0 fully saturated rings. The van der Waals surface area contributed by atoms with Crippen molar-refractivity contribution < 1.29 is 4.79 Å². The lowest BCUT2D eigenvalue weighted by Gasteiger charge is -2.10. The maximum atomic E-state index is 12.4. The van der Waals surface area contributed by atoms with E-state index in [2.05, 4.69) is 30.6 Å². The van der Waals surface area contributed by atoms with Crippen molar-refractivity contribution in [1.29, 1.82) is 0 Å². The van der Waals surface area contributed by atoms with Gasteiger partial charge in [0.15, 0.2) is 0 Å². The molecule has 126 valence electrons. The maximum Gasteiger partial charge on any atom is 0.270 e. The molecule has 9 nitrogen and oxygen atoms in total. The van der Waals surface area contributed by atoms with E-state index in [0.29, 0.717) is 24.4 Å².